The normalized spacial score (nSPS) is 19.5. The van der Waals surface area contributed by atoms with E-state index in [1.807, 2.05) is 0 Å². The topological polar surface area (TPSA) is 118 Å². The molecule has 1 saturated heterocycles. The highest BCUT2D eigenvalue weighted by Gasteiger charge is 2.28. The molecule has 0 bridgehead atoms. The molecule has 1 aliphatic rings. The maximum Gasteiger partial charge on any atom is 0.292 e. The van der Waals surface area contributed by atoms with Crippen molar-refractivity contribution in [1.82, 2.24) is 5.32 Å². The largest absolute Gasteiger partial charge is 0.379 e. The molecule has 1 unspecified atom stereocenters. The summed E-state index contributed by atoms with van der Waals surface area (Å²) in [6.07, 6.45) is 0.550. The van der Waals surface area contributed by atoms with Crippen LogP contribution in [0.3, 0.4) is 0 Å². The summed E-state index contributed by atoms with van der Waals surface area (Å²) in [5, 5.41) is 16.4. The van der Waals surface area contributed by atoms with Crippen LogP contribution in [-0.2, 0) is 14.6 Å². The molecule has 0 aliphatic carbocycles. The van der Waals surface area contributed by atoms with Gasteiger partial charge in [-0.05, 0) is 12.5 Å². The number of hydrogen-bond acceptors (Lipinski definition) is 6. The Kier molecular flexibility index (Phi) is 4.96. The lowest BCUT2D eigenvalue weighted by Crippen LogP contribution is -2.36. The highest BCUT2D eigenvalue weighted by molar-refractivity contribution is 7.91. The fraction of sp³-hybridized carbons (Fsp3) is 0.462. The lowest BCUT2D eigenvalue weighted by molar-refractivity contribution is -0.384. The Hall–Kier alpha value is -2.16. The Bertz CT molecular complexity index is 674. The average molecular weight is 327 g/mol. The van der Waals surface area contributed by atoms with Gasteiger partial charge in [0.25, 0.3) is 5.69 Å². The molecule has 1 atom stereocenters. The van der Waals surface area contributed by atoms with Crippen molar-refractivity contribution in [3.05, 3.63) is 34.4 Å². The van der Waals surface area contributed by atoms with Crippen molar-refractivity contribution in [3.8, 4) is 0 Å². The number of benzene rings is 1. The highest BCUT2D eigenvalue weighted by atomic mass is 32.2. The van der Waals surface area contributed by atoms with Gasteiger partial charge in [0.15, 0.2) is 9.84 Å². The predicted molar refractivity (Wildman–Crippen MR) is 81.4 cm³/mol. The minimum Gasteiger partial charge on any atom is -0.379 e. The van der Waals surface area contributed by atoms with Crippen molar-refractivity contribution in [2.45, 2.75) is 18.9 Å². The Balaban J connectivity index is 1.79. The van der Waals surface area contributed by atoms with Crippen LogP contribution < -0.4 is 10.6 Å². The number of anilines is 1. The lowest BCUT2D eigenvalue weighted by atomic mass is 10.2. The zero-order valence-electron chi connectivity index (χ0n) is 11.8. The Morgan fingerprint density at radius 1 is 1.36 bits per heavy atom. The molecule has 1 aromatic carbocycles. The van der Waals surface area contributed by atoms with Crippen LogP contribution in [0.4, 0.5) is 11.4 Å². The second kappa shape index (κ2) is 6.73. The third-order valence-electron chi connectivity index (χ3n) is 3.37. The van der Waals surface area contributed by atoms with E-state index in [4.69, 9.17) is 0 Å². The molecule has 8 nitrogen and oxygen atoms in total. The Morgan fingerprint density at radius 3 is 2.73 bits per heavy atom. The van der Waals surface area contributed by atoms with Gasteiger partial charge in [0, 0.05) is 25.1 Å². The van der Waals surface area contributed by atoms with Gasteiger partial charge in [-0.25, -0.2) is 8.42 Å². The molecule has 1 heterocycles. The van der Waals surface area contributed by atoms with E-state index in [1.54, 1.807) is 18.2 Å². The van der Waals surface area contributed by atoms with Gasteiger partial charge < -0.3 is 10.6 Å². The van der Waals surface area contributed by atoms with Gasteiger partial charge in [0.1, 0.15) is 5.69 Å². The standard InChI is InChI=1S/C13H17N3O5S/c17-13(15-10-6-8-22(20,21)9-10)5-7-14-11-3-1-2-4-12(11)16(18)19/h1-4,10,14H,5-9H2,(H,15,17). The molecular formula is C13H17N3O5S. The van der Waals surface area contributed by atoms with E-state index in [9.17, 15) is 23.3 Å². The Labute approximate surface area is 128 Å². The van der Waals surface area contributed by atoms with Gasteiger partial charge in [-0.2, -0.15) is 0 Å². The maximum atomic E-state index is 11.7. The average Bonchev–Trinajstić information content (AvgIpc) is 2.78. The first-order valence-corrected chi connectivity index (χ1v) is 8.66. The number of carbonyl (C=O) groups excluding carboxylic acids is 1. The van der Waals surface area contributed by atoms with Crippen LogP contribution in [0.5, 0.6) is 0 Å². The van der Waals surface area contributed by atoms with Crippen LogP contribution in [0.2, 0.25) is 0 Å². The Morgan fingerprint density at radius 2 is 2.09 bits per heavy atom. The molecular weight excluding hydrogens is 310 g/mol. The fourth-order valence-electron chi connectivity index (χ4n) is 2.30. The van der Waals surface area contributed by atoms with E-state index < -0.39 is 14.8 Å². The number of nitrogens with one attached hydrogen (secondary N) is 2. The highest BCUT2D eigenvalue weighted by Crippen LogP contribution is 2.22. The summed E-state index contributed by atoms with van der Waals surface area (Å²) in [5.41, 5.74) is 0.300. The van der Waals surface area contributed by atoms with Gasteiger partial charge in [-0.3, -0.25) is 14.9 Å². The molecule has 0 saturated carbocycles. The van der Waals surface area contributed by atoms with E-state index in [-0.39, 0.29) is 42.1 Å². The van der Waals surface area contributed by atoms with Crippen LogP contribution in [0.1, 0.15) is 12.8 Å². The van der Waals surface area contributed by atoms with Crippen LogP contribution >= 0.6 is 0 Å². The molecule has 1 aliphatic heterocycles. The first-order valence-electron chi connectivity index (χ1n) is 6.84. The van der Waals surface area contributed by atoms with Crippen molar-refractivity contribution in [1.29, 1.82) is 0 Å². The van der Waals surface area contributed by atoms with Crippen molar-refractivity contribution in [3.63, 3.8) is 0 Å². The quantitative estimate of drug-likeness (QED) is 0.586. The second-order valence-electron chi connectivity index (χ2n) is 5.12. The van der Waals surface area contributed by atoms with Crippen molar-refractivity contribution >= 4 is 27.1 Å². The summed E-state index contributed by atoms with van der Waals surface area (Å²) in [4.78, 5) is 22.1. The van der Waals surface area contributed by atoms with Crippen LogP contribution in [0, 0.1) is 10.1 Å². The molecule has 2 rings (SSSR count). The molecule has 2 N–H and O–H groups in total. The monoisotopic (exact) mass is 327 g/mol. The molecule has 1 fully saturated rings. The second-order valence-corrected chi connectivity index (χ2v) is 7.35. The molecule has 22 heavy (non-hydrogen) atoms. The third kappa shape index (κ3) is 4.42. The predicted octanol–water partition coefficient (Wildman–Crippen LogP) is 0.700. The summed E-state index contributed by atoms with van der Waals surface area (Å²) in [5.74, 6) is -0.184. The first-order chi connectivity index (χ1) is 10.4. The maximum absolute atomic E-state index is 11.7. The molecule has 1 aromatic rings. The van der Waals surface area contributed by atoms with Gasteiger partial charge >= 0.3 is 0 Å². The van der Waals surface area contributed by atoms with E-state index in [0.29, 0.717) is 12.1 Å². The third-order valence-corrected chi connectivity index (χ3v) is 5.13. The zero-order chi connectivity index (χ0) is 16.2. The van der Waals surface area contributed by atoms with Gasteiger partial charge in [-0.1, -0.05) is 12.1 Å². The number of nitro benzene ring substituents is 1. The molecule has 120 valence electrons. The number of amides is 1. The number of sulfone groups is 1. The molecule has 1 amide bonds. The van der Waals surface area contributed by atoms with Crippen LogP contribution in [0.25, 0.3) is 0 Å². The smallest absolute Gasteiger partial charge is 0.292 e. The molecule has 0 spiro atoms. The van der Waals surface area contributed by atoms with E-state index in [1.165, 1.54) is 6.07 Å². The summed E-state index contributed by atoms with van der Waals surface area (Å²) >= 11 is 0. The first kappa shape index (κ1) is 16.2. The molecule has 9 heteroatoms. The van der Waals surface area contributed by atoms with Crippen molar-refractivity contribution in [2.75, 3.05) is 23.4 Å². The van der Waals surface area contributed by atoms with E-state index in [0.717, 1.165) is 0 Å². The number of para-hydroxylation sites is 2. The minimum atomic E-state index is -3.03. The summed E-state index contributed by atoms with van der Waals surface area (Å²) < 4.78 is 22.6. The zero-order valence-corrected chi connectivity index (χ0v) is 12.6. The summed E-state index contributed by atoms with van der Waals surface area (Å²) in [6.45, 7) is 0.232. The van der Waals surface area contributed by atoms with Gasteiger partial charge in [-0.15, -0.1) is 0 Å². The van der Waals surface area contributed by atoms with Gasteiger partial charge in [0.05, 0.1) is 16.4 Å². The van der Waals surface area contributed by atoms with E-state index >= 15 is 0 Å². The number of hydrogen-bond donors (Lipinski definition) is 2. The van der Waals surface area contributed by atoms with E-state index in [2.05, 4.69) is 10.6 Å². The van der Waals surface area contributed by atoms with Crippen LogP contribution in [0.15, 0.2) is 24.3 Å². The lowest BCUT2D eigenvalue weighted by Gasteiger charge is -2.11. The van der Waals surface area contributed by atoms with Crippen molar-refractivity contribution < 1.29 is 18.1 Å². The van der Waals surface area contributed by atoms with Crippen LogP contribution in [-0.4, -0.2) is 43.3 Å². The number of nitro groups is 1. The number of carbonyl (C=O) groups is 1. The fourth-order valence-corrected chi connectivity index (χ4v) is 3.98. The SMILES string of the molecule is O=C(CCNc1ccccc1[N+](=O)[O-])NC1CCS(=O)(=O)C1. The number of nitrogens with zero attached hydrogens (tertiary/aromatic N) is 1. The summed E-state index contributed by atoms with van der Waals surface area (Å²) in [6, 6.07) is 5.85. The minimum absolute atomic E-state index is 0.0175. The van der Waals surface area contributed by atoms with Crippen molar-refractivity contribution in [2.24, 2.45) is 0 Å². The summed E-state index contributed by atoms with van der Waals surface area (Å²) in [7, 11) is -3.03. The number of rotatable bonds is 6. The molecule has 0 aromatic heterocycles. The van der Waals surface area contributed by atoms with Gasteiger partial charge in [0.2, 0.25) is 5.91 Å². The molecule has 0 radical (unpaired) electrons.